The Morgan fingerprint density at radius 2 is 2.04 bits per heavy atom. The number of nitrogens with one attached hydrogen (secondary N) is 2. The Morgan fingerprint density at radius 1 is 1.28 bits per heavy atom. The van der Waals surface area contributed by atoms with Crippen molar-refractivity contribution in [2.24, 2.45) is 0 Å². The van der Waals surface area contributed by atoms with E-state index in [2.05, 4.69) is 25.4 Å². The lowest BCUT2D eigenvalue weighted by Crippen LogP contribution is -2.19. The van der Waals surface area contributed by atoms with Gasteiger partial charge in [-0.3, -0.25) is 19.6 Å². The molecule has 0 aliphatic rings. The minimum atomic E-state index is -0.296. The number of anilines is 1. The van der Waals surface area contributed by atoms with E-state index in [9.17, 15) is 9.59 Å². The summed E-state index contributed by atoms with van der Waals surface area (Å²) in [7, 11) is 0. The number of H-pyrrole nitrogens is 1. The summed E-state index contributed by atoms with van der Waals surface area (Å²) < 4.78 is 1.43. The zero-order valence-electron chi connectivity index (χ0n) is 14.0. The van der Waals surface area contributed by atoms with Gasteiger partial charge in [-0.1, -0.05) is 13.3 Å². The molecule has 0 aliphatic heterocycles. The fourth-order valence-corrected chi connectivity index (χ4v) is 2.42. The van der Waals surface area contributed by atoms with Crippen molar-refractivity contribution in [3.63, 3.8) is 0 Å². The molecule has 0 bridgehead atoms. The number of carbonyl (C=O) groups is 1. The number of aromatic nitrogens is 5. The summed E-state index contributed by atoms with van der Waals surface area (Å²) in [6.45, 7) is 3.81. The minimum Gasteiger partial charge on any atom is -0.306 e. The van der Waals surface area contributed by atoms with Gasteiger partial charge in [0.15, 0.2) is 0 Å². The van der Waals surface area contributed by atoms with Crippen LogP contribution in [-0.4, -0.2) is 30.6 Å². The number of pyridine rings is 1. The lowest BCUT2D eigenvalue weighted by molar-refractivity contribution is 0.102. The number of nitrogens with zero attached hydrogens (tertiary/aromatic N) is 4. The molecule has 0 aliphatic carbocycles. The number of aryl methyl sites for hydroxylation is 2. The summed E-state index contributed by atoms with van der Waals surface area (Å²) in [5, 5.41) is 7.12. The molecule has 0 saturated heterocycles. The SMILES string of the molecule is CCCc1cc(=O)[nH]c(-n2nc(C)cc2NC(=O)c2ccncc2)n1. The van der Waals surface area contributed by atoms with E-state index in [1.165, 1.54) is 10.7 Å². The summed E-state index contributed by atoms with van der Waals surface area (Å²) in [6.07, 6.45) is 4.66. The molecule has 25 heavy (non-hydrogen) atoms. The molecular weight excluding hydrogens is 320 g/mol. The van der Waals surface area contributed by atoms with Gasteiger partial charge < -0.3 is 5.32 Å². The van der Waals surface area contributed by atoms with Crippen LogP contribution in [0.4, 0.5) is 5.82 Å². The Bertz CT molecular complexity index is 945. The number of amides is 1. The van der Waals surface area contributed by atoms with Gasteiger partial charge in [-0.05, 0) is 25.5 Å². The third kappa shape index (κ3) is 3.79. The summed E-state index contributed by atoms with van der Waals surface area (Å²) in [5.41, 5.74) is 1.59. The highest BCUT2D eigenvalue weighted by atomic mass is 16.1. The molecule has 0 radical (unpaired) electrons. The first kappa shape index (κ1) is 16.6. The summed E-state index contributed by atoms with van der Waals surface area (Å²) >= 11 is 0. The van der Waals surface area contributed by atoms with Gasteiger partial charge in [0.25, 0.3) is 11.5 Å². The van der Waals surface area contributed by atoms with Gasteiger partial charge in [0.05, 0.1) is 5.69 Å². The second kappa shape index (κ2) is 7.08. The van der Waals surface area contributed by atoms with Crippen LogP contribution in [0.2, 0.25) is 0 Å². The van der Waals surface area contributed by atoms with E-state index in [1.54, 1.807) is 37.5 Å². The van der Waals surface area contributed by atoms with E-state index in [0.717, 1.165) is 6.42 Å². The summed E-state index contributed by atoms with van der Waals surface area (Å²) in [6, 6.07) is 6.42. The molecule has 2 N–H and O–H groups in total. The zero-order chi connectivity index (χ0) is 17.8. The van der Waals surface area contributed by atoms with Crippen LogP contribution in [0.3, 0.4) is 0 Å². The molecule has 3 aromatic rings. The third-order valence-electron chi connectivity index (χ3n) is 3.50. The number of hydrogen-bond acceptors (Lipinski definition) is 5. The van der Waals surface area contributed by atoms with Crippen molar-refractivity contribution in [2.75, 3.05) is 5.32 Å². The summed E-state index contributed by atoms with van der Waals surface area (Å²) in [5.74, 6) is 0.404. The topological polar surface area (TPSA) is 106 Å². The van der Waals surface area contributed by atoms with Crippen molar-refractivity contribution in [2.45, 2.75) is 26.7 Å². The van der Waals surface area contributed by atoms with Crippen molar-refractivity contribution in [3.05, 3.63) is 64.0 Å². The Morgan fingerprint density at radius 3 is 2.76 bits per heavy atom. The summed E-state index contributed by atoms with van der Waals surface area (Å²) in [4.78, 5) is 35.2. The molecule has 8 heteroatoms. The van der Waals surface area contributed by atoms with Crippen LogP contribution >= 0.6 is 0 Å². The van der Waals surface area contributed by atoms with Gasteiger partial charge in [-0.2, -0.15) is 9.78 Å². The van der Waals surface area contributed by atoms with Crippen LogP contribution in [0.15, 0.2) is 41.5 Å². The van der Waals surface area contributed by atoms with Gasteiger partial charge >= 0.3 is 0 Å². The predicted molar refractivity (Wildman–Crippen MR) is 92.9 cm³/mol. The first-order chi connectivity index (χ1) is 12.1. The molecule has 0 aromatic carbocycles. The predicted octanol–water partition coefficient (Wildman–Crippen LogP) is 1.86. The average Bonchev–Trinajstić information content (AvgIpc) is 2.96. The van der Waals surface area contributed by atoms with Gasteiger partial charge in [-0.15, -0.1) is 0 Å². The van der Waals surface area contributed by atoms with E-state index in [0.29, 0.717) is 29.2 Å². The second-order valence-corrected chi connectivity index (χ2v) is 5.58. The van der Waals surface area contributed by atoms with E-state index < -0.39 is 0 Å². The molecule has 0 atom stereocenters. The van der Waals surface area contributed by atoms with E-state index >= 15 is 0 Å². The highest BCUT2D eigenvalue weighted by molar-refractivity contribution is 6.03. The Labute approximate surface area is 144 Å². The minimum absolute atomic E-state index is 0.256. The van der Waals surface area contributed by atoms with Crippen molar-refractivity contribution in [3.8, 4) is 5.95 Å². The van der Waals surface area contributed by atoms with Crippen LogP contribution in [0.1, 0.15) is 35.1 Å². The molecule has 1 amide bonds. The van der Waals surface area contributed by atoms with Crippen LogP contribution in [0.5, 0.6) is 0 Å². The Kier molecular flexibility index (Phi) is 4.69. The van der Waals surface area contributed by atoms with Crippen LogP contribution in [0.25, 0.3) is 5.95 Å². The Balaban J connectivity index is 1.96. The van der Waals surface area contributed by atoms with Gasteiger partial charge in [-0.25, -0.2) is 4.98 Å². The quantitative estimate of drug-likeness (QED) is 0.739. The molecule has 8 nitrogen and oxygen atoms in total. The average molecular weight is 338 g/mol. The largest absolute Gasteiger partial charge is 0.306 e. The molecule has 3 aromatic heterocycles. The van der Waals surface area contributed by atoms with Crippen molar-refractivity contribution < 1.29 is 4.79 Å². The third-order valence-corrected chi connectivity index (χ3v) is 3.50. The second-order valence-electron chi connectivity index (χ2n) is 5.58. The lowest BCUT2D eigenvalue weighted by Gasteiger charge is -2.09. The fraction of sp³-hybridized carbons (Fsp3) is 0.235. The number of carbonyl (C=O) groups excluding carboxylic acids is 1. The molecule has 0 unspecified atom stereocenters. The molecular formula is C17H18N6O2. The molecule has 0 spiro atoms. The molecule has 128 valence electrons. The van der Waals surface area contributed by atoms with Crippen LogP contribution in [-0.2, 0) is 6.42 Å². The van der Waals surface area contributed by atoms with Crippen LogP contribution < -0.4 is 10.9 Å². The standard InChI is InChI=1S/C17H18N6O2/c1-3-4-13-10-15(24)21-17(19-13)23-14(9-11(2)22-23)20-16(25)12-5-7-18-8-6-12/h5-10H,3-4H2,1-2H3,(H,20,25)(H,19,21,24). The molecule has 0 saturated carbocycles. The zero-order valence-corrected chi connectivity index (χ0v) is 14.0. The first-order valence-corrected chi connectivity index (χ1v) is 7.95. The van der Waals surface area contributed by atoms with E-state index in [-0.39, 0.29) is 17.4 Å². The van der Waals surface area contributed by atoms with Crippen molar-refractivity contribution in [1.29, 1.82) is 0 Å². The maximum atomic E-state index is 12.4. The molecule has 3 rings (SSSR count). The Hall–Kier alpha value is -3.29. The number of aromatic amines is 1. The van der Waals surface area contributed by atoms with Gasteiger partial charge in [0, 0.05) is 35.8 Å². The van der Waals surface area contributed by atoms with E-state index in [4.69, 9.17) is 0 Å². The maximum absolute atomic E-state index is 12.4. The molecule has 0 fully saturated rings. The highest BCUT2D eigenvalue weighted by Crippen LogP contribution is 2.15. The maximum Gasteiger partial charge on any atom is 0.256 e. The lowest BCUT2D eigenvalue weighted by atomic mass is 10.2. The number of rotatable bonds is 5. The number of hydrogen-bond donors (Lipinski definition) is 2. The first-order valence-electron chi connectivity index (χ1n) is 7.95. The normalized spacial score (nSPS) is 10.6. The van der Waals surface area contributed by atoms with Gasteiger partial charge in [0.2, 0.25) is 5.95 Å². The fourth-order valence-electron chi connectivity index (χ4n) is 2.42. The van der Waals surface area contributed by atoms with Crippen molar-refractivity contribution >= 4 is 11.7 Å². The van der Waals surface area contributed by atoms with Crippen LogP contribution in [0, 0.1) is 6.92 Å². The van der Waals surface area contributed by atoms with Crippen molar-refractivity contribution in [1.82, 2.24) is 24.7 Å². The monoisotopic (exact) mass is 338 g/mol. The smallest absolute Gasteiger partial charge is 0.256 e. The van der Waals surface area contributed by atoms with Gasteiger partial charge in [0.1, 0.15) is 5.82 Å². The van der Waals surface area contributed by atoms with E-state index in [1.807, 2.05) is 6.92 Å². The highest BCUT2D eigenvalue weighted by Gasteiger charge is 2.14. The molecule has 3 heterocycles.